The Bertz CT molecular complexity index is 403. The second-order valence-corrected chi connectivity index (χ2v) is 5.58. The summed E-state index contributed by atoms with van der Waals surface area (Å²) in [6, 6.07) is 6.35. The molecule has 100 valence electrons. The lowest BCUT2D eigenvalue weighted by Gasteiger charge is -2.25. The van der Waals surface area contributed by atoms with Crippen LogP contribution in [0.3, 0.4) is 0 Å². The summed E-state index contributed by atoms with van der Waals surface area (Å²) in [6.07, 6.45) is 3.47. The first-order valence-corrected chi connectivity index (χ1v) is 6.74. The molecular weight excluding hydrogens is 224 g/mol. The second kappa shape index (κ2) is 5.72. The molecule has 0 aliphatic heterocycles. The van der Waals surface area contributed by atoms with Crippen LogP contribution in [0.1, 0.15) is 30.0 Å². The van der Waals surface area contributed by atoms with Crippen LogP contribution in [0.15, 0.2) is 18.2 Å². The van der Waals surface area contributed by atoms with Crippen LogP contribution in [0.5, 0.6) is 5.75 Å². The minimum atomic E-state index is 0.393. The van der Waals surface area contributed by atoms with E-state index in [2.05, 4.69) is 37.0 Å². The third kappa shape index (κ3) is 3.03. The largest absolute Gasteiger partial charge is 0.508 e. The number of fused-ring (bicyclic) bond motifs is 1. The van der Waals surface area contributed by atoms with Gasteiger partial charge in [-0.3, -0.25) is 4.90 Å². The maximum atomic E-state index is 9.50. The number of phenolic OH excluding ortho intramolecular Hbond substituents is 1. The predicted molar refractivity (Wildman–Crippen MR) is 75.0 cm³/mol. The smallest absolute Gasteiger partial charge is 0.115 e. The Balaban J connectivity index is 1.95. The number of rotatable bonds is 5. The molecule has 1 atom stereocenters. The van der Waals surface area contributed by atoms with Crippen molar-refractivity contribution in [3.63, 3.8) is 0 Å². The summed E-state index contributed by atoms with van der Waals surface area (Å²) in [5.41, 5.74) is 2.72. The molecule has 0 fully saturated rings. The SMILES string of the molecule is CN(C)CCCN(C)C1CCc2cc(O)ccc21. The Kier molecular flexibility index (Phi) is 4.25. The van der Waals surface area contributed by atoms with E-state index in [1.54, 1.807) is 0 Å². The molecule has 2 rings (SSSR count). The van der Waals surface area contributed by atoms with Gasteiger partial charge in [0.05, 0.1) is 0 Å². The molecule has 0 radical (unpaired) electrons. The Morgan fingerprint density at radius 1 is 1.22 bits per heavy atom. The third-order valence-corrected chi connectivity index (χ3v) is 3.82. The van der Waals surface area contributed by atoms with Crippen molar-refractivity contribution in [2.45, 2.75) is 25.3 Å². The Morgan fingerprint density at radius 2 is 2.00 bits per heavy atom. The van der Waals surface area contributed by atoms with E-state index in [1.165, 1.54) is 24.0 Å². The van der Waals surface area contributed by atoms with E-state index in [0.717, 1.165) is 19.5 Å². The molecule has 1 N–H and O–H groups in total. The number of aryl methyl sites for hydroxylation is 1. The van der Waals surface area contributed by atoms with Crippen LogP contribution in [0.2, 0.25) is 0 Å². The minimum absolute atomic E-state index is 0.393. The number of hydrogen-bond donors (Lipinski definition) is 1. The lowest BCUT2D eigenvalue weighted by Crippen LogP contribution is -2.26. The van der Waals surface area contributed by atoms with Crippen molar-refractivity contribution < 1.29 is 5.11 Å². The second-order valence-electron chi connectivity index (χ2n) is 5.58. The minimum Gasteiger partial charge on any atom is -0.508 e. The van der Waals surface area contributed by atoms with Crippen molar-refractivity contribution in [3.05, 3.63) is 29.3 Å². The average Bonchev–Trinajstić information content (AvgIpc) is 2.71. The van der Waals surface area contributed by atoms with Crippen LogP contribution in [-0.4, -0.2) is 49.1 Å². The maximum absolute atomic E-state index is 9.50. The van der Waals surface area contributed by atoms with E-state index in [-0.39, 0.29) is 0 Å². The molecule has 0 aromatic heterocycles. The molecule has 0 heterocycles. The topological polar surface area (TPSA) is 26.7 Å². The number of hydrogen-bond acceptors (Lipinski definition) is 3. The quantitative estimate of drug-likeness (QED) is 0.866. The Labute approximate surface area is 110 Å². The highest BCUT2D eigenvalue weighted by Gasteiger charge is 2.25. The molecule has 1 aromatic rings. The first kappa shape index (κ1) is 13.4. The van der Waals surface area contributed by atoms with E-state index in [1.807, 2.05) is 12.1 Å². The van der Waals surface area contributed by atoms with Crippen LogP contribution < -0.4 is 0 Å². The summed E-state index contributed by atoms with van der Waals surface area (Å²) in [7, 11) is 6.45. The van der Waals surface area contributed by atoms with Gasteiger partial charge in [0.2, 0.25) is 0 Å². The summed E-state index contributed by atoms with van der Waals surface area (Å²) < 4.78 is 0. The molecule has 3 nitrogen and oxygen atoms in total. The Hall–Kier alpha value is -1.06. The van der Waals surface area contributed by atoms with Gasteiger partial charge in [-0.1, -0.05) is 6.07 Å². The molecule has 0 bridgehead atoms. The van der Waals surface area contributed by atoms with Gasteiger partial charge in [-0.05, 0) is 76.8 Å². The average molecular weight is 248 g/mol. The van der Waals surface area contributed by atoms with Crippen LogP contribution in [0.4, 0.5) is 0 Å². The predicted octanol–water partition coefficient (Wildman–Crippen LogP) is 2.26. The number of aromatic hydroxyl groups is 1. The van der Waals surface area contributed by atoms with Gasteiger partial charge in [-0.2, -0.15) is 0 Å². The van der Waals surface area contributed by atoms with Crippen molar-refractivity contribution in [1.82, 2.24) is 9.80 Å². The van der Waals surface area contributed by atoms with Crippen LogP contribution in [0.25, 0.3) is 0 Å². The van der Waals surface area contributed by atoms with Crippen LogP contribution >= 0.6 is 0 Å². The van der Waals surface area contributed by atoms with Crippen molar-refractivity contribution >= 4 is 0 Å². The van der Waals surface area contributed by atoms with Crippen LogP contribution in [0, 0.1) is 0 Å². The number of nitrogens with zero attached hydrogens (tertiary/aromatic N) is 2. The molecule has 3 heteroatoms. The third-order valence-electron chi connectivity index (χ3n) is 3.82. The highest BCUT2D eigenvalue weighted by Crippen LogP contribution is 2.36. The van der Waals surface area contributed by atoms with Gasteiger partial charge in [0.15, 0.2) is 0 Å². The highest BCUT2D eigenvalue weighted by atomic mass is 16.3. The summed E-state index contributed by atoms with van der Waals surface area (Å²) in [4.78, 5) is 4.68. The summed E-state index contributed by atoms with van der Waals surface area (Å²) in [6.45, 7) is 2.27. The fourth-order valence-electron chi connectivity index (χ4n) is 2.83. The Morgan fingerprint density at radius 3 is 2.72 bits per heavy atom. The summed E-state index contributed by atoms with van der Waals surface area (Å²) in [5, 5.41) is 9.50. The fraction of sp³-hybridized carbons (Fsp3) is 0.600. The standard InChI is InChI=1S/C15H24N2O/c1-16(2)9-4-10-17(3)15-8-5-12-11-13(18)6-7-14(12)15/h6-7,11,15,18H,4-5,8-10H2,1-3H3. The first-order valence-electron chi connectivity index (χ1n) is 6.74. The summed E-state index contributed by atoms with van der Waals surface area (Å²) in [5.74, 6) is 0.393. The zero-order chi connectivity index (χ0) is 13.1. The van der Waals surface area contributed by atoms with Crippen molar-refractivity contribution in [2.75, 3.05) is 34.2 Å². The van der Waals surface area contributed by atoms with E-state index in [4.69, 9.17) is 0 Å². The normalized spacial score (nSPS) is 18.6. The van der Waals surface area contributed by atoms with Gasteiger partial charge in [0.1, 0.15) is 5.75 Å². The van der Waals surface area contributed by atoms with Gasteiger partial charge in [0, 0.05) is 6.04 Å². The number of phenols is 1. The van der Waals surface area contributed by atoms with E-state index in [0.29, 0.717) is 11.8 Å². The zero-order valence-corrected chi connectivity index (χ0v) is 11.7. The molecule has 0 saturated heterocycles. The maximum Gasteiger partial charge on any atom is 0.115 e. The van der Waals surface area contributed by atoms with E-state index < -0.39 is 0 Å². The lowest BCUT2D eigenvalue weighted by atomic mass is 10.1. The van der Waals surface area contributed by atoms with E-state index in [9.17, 15) is 5.11 Å². The molecule has 1 unspecified atom stereocenters. The van der Waals surface area contributed by atoms with Crippen molar-refractivity contribution in [3.8, 4) is 5.75 Å². The fourth-order valence-corrected chi connectivity index (χ4v) is 2.83. The monoisotopic (exact) mass is 248 g/mol. The summed E-state index contributed by atoms with van der Waals surface area (Å²) >= 11 is 0. The van der Waals surface area contributed by atoms with Gasteiger partial charge in [-0.15, -0.1) is 0 Å². The van der Waals surface area contributed by atoms with E-state index >= 15 is 0 Å². The molecule has 18 heavy (non-hydrogen) atoms. The first-order chi connectivity index (χ1) is 8.58. The molecule has 0 amide bonds. The molecule has 0 saturated carbocycles. The van der Waals surface area contributed by atoms with Crippen LogP contribution in [-0.2, 0) is 6.42 Å². The molecule has 1 aliphatic carbocycles. The number of benzene rings is 1. The van der Waals surface area contributed by atoms with Gasteiger partial charge >= 0.3 is 0 Å². The molecule has 1 aliphatic rings. The van der Waals surface area contributed by atoms with Crippen molar-refractivity contribution in [2.24, 2.45) is 0 Å². The molecule has 1 aromatic carbocycles. The van der Waals surface area contributed by atoms with Gasteiger partial charge in [0.25, 0.3) is 0 Å². The zero-order valence-electron chi connectivity index (χ0n) is 11.7. The lowest BCUT2D eigenvalue weighted by molar-refractivity contribution is 0.230. The molecular formula is C15H24N2O. The van der Waals surface area contributed by atoms with Gasteiger partial charge < -0.3 is 10.0 Å². The van der Waals surface area contributed by atoms with Gasteiger partial charge in [-0.25, -0.2) is 0 Å². The highest BCUT2D eigenvalue weighted by molar-refractivity contribution is 5.40. The van der Waals surface area contributed by atoms with Crippen molar-refractivity contribution in [1.29, 1.82) is 0 Å². The molecule has 0 spiro atoms.